The second kappa shape index (κ2) is 5.85. The Kier molecular flexibility index (Phi) is 3.75. The van der Waals surface area contributed by atoms with Gasteiger partial charge in [0.1, 0.15) is 5.82 Å². The van der Waals surface area contributed by atoms with Gasteiger partial charge in [-0.15, -0.1) is 0 Å². The molecule has 21 heavy (non-hydrogen) atoms. The molecule has 5 heteroatoms. The highest BCUT2D eigenvalue weighted by Crippen LogP contribution is 2.25. The van der Waals surface area contributed by atoms with E-state index in [1.54, 1.807) is 12.1 Å². The molecule has 0 atom stereocenters. The largest absolute Gasteiger partial charge is 0.334 e. The zero-order chi connectivity index (χ0) is 14.7. The van der Waals surface area contributed by atoms with Crippen LogP contribution in [0, 0.1) is 5.82 Å². The molecule has 3 aromatic rings. The molecule has 0 amide bonds. The van der Waals surface area contributed by atoms with E-state index in [-0.39, 0.29) is 5.82 Å². The summed E-state index contributed by atoms with van der Waals surface area (Å²) in [6, 6.07) is 13.8. The summed E-state index contributed by atoms with van der Waals surface area (Å²) in [5.41, 5.74) is 8.11. The van der Waals surface area contributed by atoms with Crippen LogP contribution in [-0.4, -0.2) is 16.7 Å². The second-order valence-corrected chi connectivity index (χ2v) is 4.63. The minimum Gasteiger partial charge on any atom is -0.334 e. The van der Waals surface area contributed by atoms with Gasteiger partial charge >= 0.3 is 0 Å². The van der Waals surface area contributed by atoms with Gasteiger partial charge in [-0.3, -0.25) is 0 Å². The van der Waals surface area contributed by atoms with Gasteiger partial charge in [0.2, 0.25) is 5.82 Å². The van der Waals surface area contributed by atoms with E-state index in [0.29, 0.717) is 23.8 Å². The maximum absolute atomic E-state index is 13.2. The van der Waals surface area contributed by atoms with Crippen molar-refractivity contribution in [2.24, 2.45) is 5.73 Å². The predicted octanol–water partition coefficient (Wildman–Crippen LogP) is 3.04. The molecule has 2 aromatic carbocycles. The number of nitrogens with two attached hydrogens (primary N) is 1. The Labute approximate surface area is 121 Å². The van der Waals surface area contributed by atoms with Gasteiger partial charge in [0.25, 0.3) is 5.89 Å². The van der Waals surface area contributed by atoms with Crippen LogP contribution in [0.25, 0.3) is 22.8 Å². The van der Waals surface area contributed by atoms with Crippen LogP contribution in [0.2, 0.25) is 0 Å². The quantitative estimate of drug-likeness (QED) is 0.799. The molecule has 2 N–H and O–H groups in total. The average Bonchev–Trinajstić information content (AvgIpc) is 2.98. The third-order valence-corrected chi connectivity index (χ3v) is 3.17. The van der Waals surface area contributed by atoms with Gasteiger partial charge in [-0.2, -0.15) is 4.98 Å². The van der Waals surface area contributed by atoms with Crippen LogP contribution < -0.4 is 5.73 Å². The summed E-state index contributed by atoms with van der Waals surface area (Å²) in [6.45, 7) is 0.544. The van der Waals surface area contributed by atoms with Crippen molar-refractivity contribution in [2.45, 2.75) is 6.42 Å². The first-order chi connectivity index (χ1) is 10.3. The third-order valence-electron chi connectivity index (χ3n) is 3.17. The molecular formula is C16H14FN3O. The minimum absolute atomic E-state index is 0.331. The third kappa shape index (κ3) is 2.83. The van der Waals surface area contributed by atoms with E-state index < -0.39 is 0 Å². The van der Waals surface area contributed by atoms with Crippen LogP contribution in [0.4, 0.5) is 4.39 Å². The van der Waals surface area contributed by atoms with E-state index in [1.807, 2.05) is 24.3 Å². The Hall–Kier alpha value is -2.53. The number of hydrogen-bond acceptors (Lipinski definition) is 4. The van der Waals surface area contributed by atoms with Crippen molar-refractivity contribution in [3.8, 4) is 22.8 Å². The molecule has 1 aromatic heterocycles. The molecule has 0 saturated heterocycles. The summed E-state index contributed by atoms with van der Waals surface area (Å²) in [7, 11) is 0. The first kappa shape index (κ1) is 13.5. The fraction of sp³-hybridized carbons (Fsp3) is 0.125. The Morgan fingerprint density at radius 3 is 2.76 bits per heavy atom. The van der Waals surface area contributed by atoms with E-state index in [4.69, 9.17) is 10.3 Å². The maximum atomic E-state index is 13.2. The molecule has 106 valence electrons. The van der Waals surface area contributed by atoms with Gasteiger partial charge in [-0.25, -0.2) is 4.39 Å². The Morgan fingerprint density at radius 1 is 1.10 bits per heavy atom. The zero-order valence-corrected chi connectivity index (χ0v) is 11.3. The lowest BCUT2D eigenvalue weighted by molar-refractivity contribution is 0.432. The van der Waals surface area contributed by atoms with Crippen molar-refractivity contribution in [1.82, 2.24) is 10.1 Å². The lowest BCUT2D eigenvalue weighted by Gasteiger charge is -2.03. The molecule has 0 bridgehead atoms. The summed E-state index contributed by atoms with van der Waals surface area (Å²) in [6.07, 6.45) is 0.730. The van der Waals surface area contributed by atoms with Crippen LogP contribution >= 0.6 is 0 Å². The van der Waals surface area contributed by atoms with Crippen LogP contribution in [-0.2, 0) is 6.42 Å². The first-order valence-corrected chi connectivity index (χ1v) is 6.66. The van der Waals surface area contributed by atoms with Crippen molar-refractivity contribution in [2.75, 3.05) is 6.54 Å². The van der Waals surface area contributed by atoms with Crippen molar-refractivity contribution in [3.05, 3.63) is 59.9 Å². The van der Waals surface area contributed by atoms with Crippen molar-refractivity contribution >= 4 is 0 Å². The van der Waals surface area contributed by atoms with Gasteiger partial charge in [0.15, 0.2) is 0 Å². The maximum Gasteiger partial charge on any atom is 0.258 e. The van der Waals surface area contributed by atoms with Gasteiger partial charge in [0.05, 0.1) is 0 Å². The molecule has 0 radical (unpaired) electrons. The van der Waals surface area contributed by atoms with E-state index in [1.165, 1.54) is 12.1 Å². The molecule has 0 aliphatic carbocycles. The summed E-state index contributed by atoms with van der Waals surface area (Å²) < 4.78 is 18.6. The summed E-state index contributed by atoms with van der Waals surface area (Å²) in [5.74, 6) is 0.452. The molecule has 0 spiro atoms. The number of rotatable bonds is 4. The zero-order valence-electron chi connectivity index (χ0n) is 11.3. The van der Waals surface area contributed by atoms with Gasteiger partial charge in [0, 0.05) is 11.1 Å². The summed E-state index contributed by atoms with van der Waals surface area (Å²) in [4.78, 5) is 4.35. The number of hydrogen-bond donors (Lipinski definition) is 1. The molecule has 0 aliphatic rings. The Bertz CT molecular complexity index is 755. The van der Waals surface area contributed by atoms with E-state index in [9.17, 15) is 4.39 Å². The monoisotopic (exact) mass is 283 g/mol. The van der Waals surface area contributed by atoms with Crippen molar-refractivity contribution in [3.63, 3.8) is 0 Å². The number of nitrogens with zero attached hydrogens (tertiary/aromatic N) is 2. The first-order valence-electron chi connectivity index (χ1n) is 6.66. The highest BCUT2D eigenvalue weighted by atomic mass is 19.1. The average molecular weight is 283 g/mol. The van der Waals surface area contributed by atoms with Gasteiger partial charge in [-0.05, 0) is 36.7 Å². The SMILES string of the molecule is NCCc1ccccc1-c1nc(-c2cccc(F)c2)no1. The van der Waals surface area contributed by atoms with Crippen LogP contribution in [0.5, 0.6) is 0 Å². The lowest BCUT2D eigenvalue weighted by atomic mass is 10.0. The molecular weight excluding hydrogens is 269 g/mol. The second-order valence-electron chi connectivity index (χ2n) is 4.63. The fourth-order valence-electron chi connectivity index (χ4n) is 2.18. The predicted molar refractivity (Wildman–Crippen MR) is 77.9 cm³/mol. The number of aromatic nitrogens is 2. The van der Waals surface area contributed by atoms with Gasteiger partial charge in [-0.1, -0.05) is 35.5 Å². The molecule has 4 nitrogen and oxygen atoms in total. The standard InChI is InChI=1S/C16H14FN3O/c17-13-6-3-5-12(10-13)15-19-16(21-20-15)14-7-2-1-4-11(14)8-9-18/h1-7,10H,8-9,18H2. The van der Waals surface area contributed by atoms with Gasteiger partial charge < -0.3 is 10.3 Å². The van der Waals surface area contributed by atoms with E-state index >= 15 is 0 Å². The number of benzene rings is 2. The van der Waals surface area contributed by atoms with Crippen LogP contribution in [0.1, 0.15) is 5.56 Å². The molecule has 3 rings (SSSR count). The summed E-state index contributed by atoms with van der Waals surface area (Å²) in [5, 5.41) is 3.92. The normalized spacial score (nSPS) is 10.8. The Morgan fingerprint density at radius 2 is 1.95 bits per heavy atom. The van der Waals surface area contributed by atoms with Crippen molar-refractivity contribution < 1.29 is 8.91 Å². The topological polar surface area (TPSA) is 64.9 Å². The lowest BCUT2D eigenvalue weighted by Crippen LogP contribution is -2.03. The summed E-state index contributed by atoms with van der Waals surface area (Å²) >= 11 is 0. The van der Waals surface area contributed by atoms with E-state index in [0.717, 1.165) is 17.5 Å². The molecule has 1 heterocycles. The molecule has 0 saturated carbocycles. The minimum atomic E-state index is -0.331. The Balaban J connectivity index is 1.99. The van der Waals surface area contributed by atoms with Crippen LogP contribution in [0.3, 0.4) is 0 Å². The molecule has 0 fully saturated rings. The molecule has 0 aliphatic heterocycles. The smallest absolute Gasteiger partial charge is 0.258 e. The van der Waals surface area contributed by atoms with Crippen molar-refractivity contribution in [1.29, 1.82) is 0 Å². The molecule has 0 unspecified atom stereocenters. The highest BCUT2D eigenvalue weighted by molar-refractivity contribution is 5.62. The fourth-order valence-corrected chi connectivity index (χ4v) is 2.18. The highest BCUT2D eigenvalue weighted by Gasteiger charge is 2.13. The van der Waals surface area contributed by atoms with Crippen LogP contribution in [0.15, 0.2) is 53.1 Å². The number of halogens is 1. The van der Waals surface area contributed by atoms with E-state index in [2.05, 4.69) is 10.1 Å².